The molecule has 3 heteroatoms. The fourth-order valence-electron chi connectivity index (χ4n) is 1.44. The average Bonchev–Trinajstić information content (AvgIpc) is 1.99. The van der Waals surface area contributed by atoms with E-state index in [1.54, 1.807) is 7.11 Å². The second-order valence-electron chi connectivity index (χ2n) is 4.59. The lowest BCUT2D eigenvalue weighted by Crippen LogP contribution is -2.23. The van der Waals surface area contributed by atoms with Crippen molar-refractivity contribution in [3.8, 4) is 11.5 Å². The van der Waals surface area contributed by atoms with Crippen LogP contribution in [0.4, 0.5) is 0 Å². The van der Waals surface area contributed by atoms with Crippen LogP contribution in [0.25, 0.3) is 0 Å². The van der Waals surface area contributed by atoms with Crippen molar-refractivity contribution in [2.45, 2.75) is 40.2 Å². The fourth-order valence-corrected chi connectivity index (χ4v) is 1.44. The average molecular weight is 209 g/mol. The molecule has 0 aliphatic heterocycles. The van der Waals surface area contributed by atoms with E-state index in [0.717, 1.165) is 22.9 Å². The van der Waals surface area contributed by atoms with Crippen LogP contribution in [0.2, 0.25) is 0 Å². The van der Waals surface area contributed by atoms with Gasteiger partial charge in [-0.3, -0.25) is 4.98 Å². The highest BCUT2D eigenvalue weighted by atomic mass is 16.5. The van der Waals surface area contributed by atoms with Gasteiger partial charge in [-0.05, 0) is 34.6 Å². The van der Waals surface area contributed by atoms with E-state index in [1.165, 1.54) is 0 Å². The summed E-state index contributed by atoms with van der Waals surface area (Å²) in [7, 11) is 1.63. The van der Waals surface area contributed by atoms with Gasteiger partial charge in [-0.15, -0.1) is 0 Å². The molecule has 0 aromatic carbocycles. The Morgan fingerprint density at radius 2 is 1.80 bits per heavy atom. The molecule has 0 atom stereocenters. The van der Waals surface area contributed by atoms with Crippen molar-refractivity contribution >= 4 is 0 Å². The van der Waals surface area contributed by atoms with Gasteiger partial charge in [-0.1, -0.05) is 0 Å². The number of hydrogen-bond acceptors (Lipinski definition) is 3. The number of ether oxygens (including phenoxy) is 2. The molecule has 0 spiro atoms. The summed E-state index contributed by atoms with van der Waals surface area (Å²) in [6, 6.07) is 1.90. The van der Waals surface area contributed by atoms with Crippen molar-refractivity contribution in [1.29, 1.82) is 0 Å². The Hall–Kier alpha value is -1.25. The monoisotopic (exact) mass is 209 g/mol. The van der Waals surface area contributed by atoms with Crippen molar-refractivity contribution in [3.63, 3.8) is 0 Å². The van der Waals surface area contributed by atoms with Gasteiger partial charge in [0.2, 0.25) is 0 Å². The van der Waals surface area contributed by atoms with E-state index in [1.807, 2.05) is 40.7 Å². The lowest BCUT2D eigenvalue weighted by atomic mass is 10.2. The predicted molar refractivity (Wildman–Crippen MR) is 60.6 cm³/mol. The van der Waals surface area contributed by atoms with Crippen LogP contribution in [0.15, 0.2) is 6.07 Å². The topological polar surface area (TPSA) is 31.4 Å². The molecule has 0 saturated carbocycles. The van der Waals surface area contributed by atoms with Gasteiger partial charge in [0.15, 0.2) is 11.5 Å². The summed E-state index contributed by atoms with van der Waals surface area (Å²) in [5, 5.41) is 0. The Labute approximate surface area is 91.4 Å². The molecule has 0 bridgehead atoms. The molecule has 1 aromatic rings. The number of pyridine rings is 1. The first-order valence-electron chi connectivity index (χ1n) is 5.05. The third-order valence-corrected chi connectivity index (χ3v) is 1.86. The first-order chi connectivity index (χ1) is 6.83. The summed E-state index contributed by atoms with van der Waals surface area (Å²) in [6.07, 6.45) is 0. The maximum absolute atomic E-state index is 5.82. The second kappa shape index (κ2) is 4.09. The van der Waals surface area contributed by atoms with Crippen LogP contribution < -0.4 is 9.47 Å². The fraction of sp³-hybridized carbons (Fsp3) is 0.583. The van der Waals surface area contributed by atoms with Crippen molar-refractivity contribution in [2.75, 3.05) is 7.11 Å². The molecule has 0 N–H and O–H groups in total. The molecule has 1 rings (SSSR count). The van der Waals surface area contributed by atoms with Crippen LogP contribution in [0.1, 0.15) is 32.2 Å². The van der Waals surface area contributed by atoms with Crippen molar-refractivity contribution in [3.05, 3.63) is 17.5 Å². The molecule has 0 aliphatic rings. The summed E-state index contributed by atoms with van der Waals surface area (Å²) in [6.45, 7) is 9.90. The largest absolute Gasteiger partial charge is 0.491 e. The zero-order valence-electron chi connectivity index (χ0n) is 10.3. The highest BCUT2D eigenvalue weighted by Crippen LogP contribution is 2.32. The van der Waals surface area contributed by atoms with E-state index in [0.29, 0.717) is 0 Å². The lowest BCUT2D eigenvalue weighted by molar-refractivity contribution is 0.125. The van der Waals surface area contributed by atoms with Crippen LogP contribution in [0.3, 0.4) is 0 Å². The van der Waals surface area contributed by atoms with Crippen molar-refractivity contribution in [1.82, 2.24) is 4.98 Å². The Balaban J connectivity index is 3.15. The quantitative estimate of drug-likeness (QED) is 0.750. The number of rotatable bonds is 2. The Bertz CT molecular complexity index is 353. The van der Waals surface area contributed by atoms with Gasteiger partial charge >= 0.3 is 0 Å². The standard InChI is InChI=1S/C12H19NO2/c1-8-7-10(15-12(3,4)5)11(14-6)9(2)13-8/h7H,1-6H3. The molecule has 0 fully saturated rings. The van der Waals surface area contributed by atoms with Gasteiger partial charge in [-0.2, -0.15) is 0 Å². The molecule has 1 aromatic heterocycles. The van der Waals surface area contributed by atoms with Crippen molar-refractivity contribution in [2.24, 2.45) is 0 Å². The zero-order chi connectivity index (χ0) is 11.6. The number of nitrogens with zero attached hydrogens (tertiary/aromatic N) is 1. The van der Waals surface area contributed by atoms with Gasteiger partial charge in [0.05, 0.1) is 12.8 Å². The molecule has 0 aliphatic carbocycles. The van der Waals surface area contributed by atoms with Gasteiger partial charge in [0, 0.05) is 11.8 Å². The van der Waals surface area contributed by atoms with E-state index in [9.17, 15) is 0 Å². The molecule has 0 unspecified atom stereocenters. The second-order valence-corrected chi connectivity index (χ2v) is 4.59. The SMILES string of the molecule is COc1c(OC(C)(C)C)cc(C)nc1C. The lowest BCUT2D eigenvalue weighted by Gasteiger charge is -2.23. The molecule has 15 heavy (non-hydrogen) atoms. The molecule has 0 saturated heterocycles. The van der Waals surface area contributed by atoms with E-state index in [-0.39, 0.29) is 5.60 Å². The number of hydrogen-bond donors (Lipinski definition) is 0. The van der Waals surface area contributed by atoms with E-state index in [4.69, 9.17) is 9.47 Å². The van der Waals surface area contributed by atoms with Crippen LogP contribution in [0, 0.1) is 13.8 Å². The minimum absolute atomic E-state index is 0.229. The molecule has 0 radical (unpaired) electrons. The Morgan fingerprint density at radius 3 is 2.27 bits per heavy atom. The third-order valence-electron chi connectivity index (χ3n) is 1.86. The van der Waals surface area contributed by atoms with Gasteiger partial charge in [0.25, 0.3) is 0 Å². The Kier molecular flexibility index (Phi) is 3.22. The highest BCUT2D eigenvalue weighted by molar-refractivity contribution is 5.44. The summed E-state index contributed by atoms with van der Waals surface area (Å²) in [4.78, 5) is 4.33. The number of aromatic nitrogens is 1. The smallest absolute Gasteiger partial charge is 0.182 e. The molecule has 1 heterocycles. The molecular weight excluding hydrogens is 190 g/mol. The maximum Gasteiger partial charge on any atom is 0.182 e. The third kappa shape index (κ3) is 3.11. The minimum atomic E-state index is -0.229. The first kappa shape index (κ1) is 11.8. The van der Waals surface area contributed by atoms with E-state index < -0.39 is 0 Å². The maximum atomic E-state index is 5.82. The summed E-state index contributed by atoms with van der Waals surface area (Å²) in [5.41, 5.74) is 1.57. The van der Waals surface area contributed by atoms with Gasteiger partial charge in [-0.25, -0.2) is 0 Å². The minimum Gasteiger partial charge on any atom is -0.491 e. The van der Waals surface area contributed by atoms with Gasteiger partial charge in [0.1, 0.15) is 5.60 Å². The van der Waals surface area contributed by atoms with Crippen LogP contribution in [-0.2, 0) is 0 Å². The van der Waals surface area contributed by atoms with Crippen molar-refractivity contribution < 1.29 is 9.47 Å². The number of aryl methyl sites for hydroxylation is 2. The predicted octanol–water partition coefficient (Wildman–Crippen LogP) is 2.88. The molecule has 0 amide bonds. The first-order valence-corrected chi connectivity index (χ1v) is 5.05. The Morgan fingerprint density at radius 1 is 1.20 bits per heavy atom. The zero-order valence-corrected chi connectivity index (χ0v) is 10.3. The van der Waals surface area contributed by atoms with E-state index in [2.05, 4.69) is 4.98 Å². The van der Waals surface area contributed by atoms with Gasteiger partial charge < -0.3 is 9.47 Å². The summed E-state index contributed by atoms with van der Waals surface area (Å²) in [5.74, 6) is 1.48. The summed E-state index contributed by atoms with van der Waals surface area (Å²) >= 11 is 0. The normalized spacial score (nSPS) is 11.3. The number of methoxy groups -OCH3 is 1. The molecule has 3 nitrogen and oxygen atoms in total. The highest BCUT2D eigenvalue weighted by Gasteiger charge is 2.17. The van der Waals surface area contributed by atoms with Crippen LogP contribution >= 0.6 is 0 Å². The molecule has 84 valence electrons. The summed E-state index contributed by atoms with van der Waals surface area (Å²) < 4.78 is 11.1. The van der Waals surface area contributed by atoms with E-state index >= 15 is 0 Å². The van der Waals surface area contributed by atoms with Crippen LogP contribution in [0.5, 0.6) is 11.5 Å². The molecular formula is C12H19NO2. The van der Waals surface area contributed by atoms with Crippen LogP contribution in [-0.4, -0.2) is 17.7 Å².